The van der Waals surface area contributed by atoms with Crippen molar-refractivity contribution in [3.63, 3.8) is 0 Å². The number of nitrogens with zero attached hydrogens (tertiary/aromatic N) is 1. The molecular weight excluding hydrogens is 236 g/mol. The fourth-order valence-electron chi connectivity index (χ4n) is 1.57. The van der Waals surface area contributed by atoms with E-state index in [0.29, 0.717) is 13.2 Å². The van der Waals surface area contributed by atoms with E-state index in [1.807, 2.05) is 32.9 Å². The number of aromatic nitrogens is 1. The fraction of sp³-hybridized carbons (Fsp3) is 0.583. The third kappa shape index (κ3) is 2.56. The molecule has 4 nitrogen and oxygen atoms in total. The molecule has 1 atom stereocenters. The van der Waals surface area contributed by atoms with Crippen molar-refractivity contribution in [3.05, 3.63) is 30.1 Å². The number of pyridine rings is 1. The van der Waals surface area contributed by atoms with Gasteiger partial charge in [0.05, 0.1) is 28.9 Å². The first-order valence-electron chi connectivity index (χ1n) is 5.62. The van der Waals surface area contributed by atoms with Gasteiger partial charge in [-0.2, -0.15) is 0 Å². The number of rotatable bonds is 3. The Morgan fingerprint density at radius 1 is 1.47 bits per heavy atom. The number of hydrogen-bond acceptors (Lipinski definition) is 3. The van der Waals surface area contributed by atoms with Crippen LogP contribution in [0.2, 0.25) is 0 Å². The monoisotopic (exact) mass is 254 g/mol. The van der Waals surface area contributed by atoms with Crippen molar-refractivity contribution < 1.29 is 8.95 Å². The van der Waals surface area contributed by atoms with Gasteiger partial charge < -0.3 is 4.74 Å². The maximum Gasteiger partial charge on any atom is 0.103 e. The van der Waals surface area contributed by atoms with Crippen LogP contribution in [0.3, 0.4) is 0 Å². The Kier molecular flexibility index (Phi) is 3.34. The van der Waals surface area contributed by atoms with Gasteiger partial charge in [-0.05, 0) is 32.4 Å². The molecule has 5 heteroatoms. The predicted molar refractivity (Wildman–Crippen MR) is 67.8 cm³/mol. The Morgan fingerprint density at radius 3 is 2.59 bits per heavy atom. The van der Waals surface area contributed by atoms with Crippen molar-refractivity contribution in [1.29, 1.82) is 0 Å². The molecule has 1 fully saturated rings. The number of nitrogens with one attached hydrogen (secondary N) is 1. The molecule has 94 valence electrons. The van der Waals surface area contributed by atoms with Crippen LogP contribution in [0, 0.1) is 0 Å². The lowest BCUT2D eigenvalue weighted by Crippen LogP contribution is -2.59. The highest BCUT2D eigenvalue weighted by atomic mass is 32.2. The maximum atomic E-state index is 12.2. The number of hydrogen-bond donors (Lipinski definition) is 1. The molecule has 0 amide bonds. The molecule has 0 aliphatic carbocycles. The first-order chi connectivity index (χ1) is 7.94. The predicted octanol–water partition coefficient (Wildman–Crippen LogP) is 1.36. The molecule has 0 saturated carbocycles. The SMILES string of the molecule is CC(C)(C)S(=O)NC1(c2cccnc2)COC1. The maximum absolute atomic E-state index is 12.2. The molecule has 1 unspecified atom stereocenters. The molecule has 0 spiro atoms. The third-order valence-corrected chi connectivity index (χ3v) is 4.44. The van der Waals surface area contributed by atoms with Gasteiger partial charge in [-0.15, -0.1) is 0 Å². The van der Waals surface area contributed by atoms with Crippen LogP contribution >= 0.6 is 0 Å². The summed E-state index contributed by atoms with van der Waals surface area (Å²) in [6.07, 6.45) is 3.53. The van der Waals surface area contributed by atoms with Crippen LogP contribution in [-0.4, -0.2) is 27.2 Å². The molecule has 2 heterocycles. The van der Waals surface area contributed by atoms with Gasteiger partial charge in [0.15, 0.2) is 0 Å². The molecular formula is C12H18N2O2S. The van der Waals surface area contributed by atoms with Gasteiger partial charge in [0, 0.05) is 12.4 Å². The Balaban J connectivity index is 2.20. The zero-order valence-corrected chi connectivity index (χ0v) is 11.2. The van der Waals surface area contributed by atoms with Gasteiger partial charge in [-0.3, -0.25) is 4.98 Å². The second kappa shape index (κ2) is 4.48. The van der Waals surface area contributed by atoms with Crippen LogP contribution < -0.4 is 4.72 Å². The van der Waals surface area contributed by atoms with Crippen LogP contribution in [0.4, 0.5) is 0 Å². The van der Waals surface area contributed by atoms with E-state index < -0.39 is 11.0 Å². The van der Waals surface area contributed by atoms with E-state index in [4.69, 9.17) is 4.74 Å². The largest absolute Gasteiger partial charge is 0.377 e. The average molecular weight is 254 g/mol. The van der Waals surface area contributed by atoms with Crippen LogP contribution in [0.5, 0.6) is 0 Å². The van der Waals surface area contributed by atoms with Gasteiger partial charge >= 0.3 is 0 Å². The standard InChI is InChI=1S/C12H18N2O2S/c1-11(2,3)17(15)14-12(8-16-9-12)10-5-4-6-13-7-10/h4-7,14H,8-9H2,1-3H3. The summed E-state index contributed by atoms with van der Waals surface area (Å²) in [5, 5.41) is 0. The number of ether oxygens (including phenoxy) is 1. The van der Waals surface area contributed by atoms with E-state index in [2.05, 4.69) is 9.71 Å². The topological polar surface area (TPSA) is 51.2 Å². The Morgan fingerprint density at radius 2 is 2.18 bits per heavy atom. The van der Waals surface area contributed by atoms with E-state index >= 15 is 0 Å². The quantitative estimate of drug-likeness (QED) is 0.886. The molecule has 1 saturated heterocycles. The van der Waals surface area contributed by atoms with E-state index in [0.717, 1.165) is 5.56 Å². The summed E-state index contributed by atoms with van der Waals surface area (Å²) in [7, 11) is -1.11. The minimum atomic E-state index is -1.11. The lowest BCUT2D eigenvalue weighted by atomic mass is 9.91. The van der Waals surface area contributed by atoms with E-state index in [9.17, 15) is 4.21 Å². The fourth-order valence-corrected chi connectivity index (χ4v) is 2.46. The highest BCUT2D eigenvalue weighted by molar-refractivity contribution is 7.84. The van der Waals surface area contributed by atoms with Gasteiger partial charge in [0.25, 0.3) is 0 Å². The van der Waals surface area contributed by atoms with Crippen molar-refractivity contribution >= 4 is 11.0 Å². The molecule has 1 aliphatic rings. The summed E-state index contributed by atoms with van der Waals surface area (Å²) in [5.74, 6) is 0. The highest BCUT2D eigenvalue weighted by Gasteiger charge is 2.43. The summed E-state index contributed by atoms with van der Waals surface area (Å²) in [5.41, 5.74) is 0.690. The minimum Gasteiger partial charge on any atom is -0.377 e. The van der Waals surface area contributed by atoms with Crippen LogP contribution in [0.25, 0.3) is 0 Å². The molecule has 2 rings (SSSR count). The van der Waals surface area contributed by atoms with Crippen molar-refractivity contribution in [3.8, 4) is 0 Å². The minimum absolute atomic E-state index is 0.287. The van der Waals surface area contributed by atoms with Crippen molar-refractivity contribution in [2.45, 2.75) is 31.1 Å². The van der Waals surface area contributed by atoms with Crippen LogP contribution in [0.1, 0.15) is 26.3 Å². The average Bonchev–Trinajstić information content (AvgIpc) is 2.23. The summed E-state index contributed by atoms with van der Waals surface area (Å²) in [6, 6.07) is 3.87. The molecule has 1 aromatic rings. The Hall–Kier alpha value is -0.780. The van der Waals surface area contributed by atoms with E-state index in [-0.39, 0.29) is 10.3 Å². The Bertz CT molecular complexity index is 410. The van der Waals surface area contributed by atoms with Crippen molar-refractivity contribution in [2.75, 3.05) is 13.2 Å². The van der Waals surface area contributed by atoms with Crippen LogP contribution in [-0.2, 0) is 21.3 Å². The van der Waals surface area contributed by atoms with Gasteiger partial charge in [-0.1, -0.05) is 6.07 Å². The zero-order valence-electron chi connectivity index (χ0n) is 10.4. The van der Waals surface area contributed by atoms with Crippen LogP contribution in [0.15, 0.2) is 24.5 Å². The first kappa shape index (κ1) is 12.7. The summed E-state index contributed by atoms with van der Waals surface area (Å²) in [4.78, 5) is 4.11. The smallest absolute Gasteiger partial charge is 0.103 e. The first-order valence-corrected chi connectivity index (χ1v) is 6.77. The normalized spacial score (nSPS) is 20.6. The van der Waals surface area contributed by atoms with Gasteiger partial charge in [0.2, 0.25) is 0 Å². The zero-order chi connectivity index (χ0) is 12.5. The highest BCUT2D eigenvalue weighted by Crippen LogP contribution is 2.30. The molecule has 1 N–H and O–H groups in total. The van der Waals surface area contributed by atoms with Crippen molar-refractivity contribution in [1.82, 2.24) is 9.71 Å². The van der Waals surface area contributed by atoms with E-state index in [1.165, 1.54) is 0 Å². The second-order valence-corrected chi connectivity index (χ2v) is 7.27. The third-order valence-electron chi connectivity index (χ3n) is 2.76. The van der Waals surface area contributed by atoms with Gasteiger partial charge in [0.1, 0.15) is 5.54 Å². The lowest BCUT2D eigenvalue weighted by molar-refractivity contribution is -0.0661. The second-order valence-electron chi connectivity index (χ2n) is 5.30. The molecule has 0 aromatic carbocycles. The molecule has 0 bridgehead atoms. The molecule has 17 heavy (non-hydrogen) atoms. The van der Waals surface area contributed by atoms with Crippen molar-refractivity contribution in [2.24, 2.45) is 0 Å². The summed E-state index contributed by atoms with van der Waals surface area (Å²) >= 11 is 0. The Labute approximate surface area is 104 Å². The summed E-state index contributed by atoms with van der Waals surface area (Å²) in [6.45, 7) is 6.94. The molecule has 1 aromatic heterocycles. The summed E-state index contributed by atoms with van der Waals surface area (Å²) < 4.78 is 20.4. The molecule has 0 radical (unpaired) electrons. The van der Waals surface area contributed by atoms with E-state index in [1.54, 1.807) is 12.4 Å². The van der Waals surface area contributed by atoms with Gasteiger partial charge in [-0.25, -0.2) is 8.93 Å². The molecule has 1 aliphatic heterocycles. The lowest BCUT2D eigenvalue weighted by Gasteiger charge is -2.43.